The van der Waals surface area contributed by atoms with Crippen LogP contribution in [0.1, 0.15) is 170 Å². The number of nitrogens with zero attached hydrogens (tertiary/aromatic N) is 1. The summed E-state index contributed by atoms with van der Waals surface area (Å²) in [5, 5.41) is 9.97. The fourth-order valence-electron chi connectivity index (χ4n) is 13.1. The van der Waals surface area contributed by atoms with E-state index in [1.807, 2.05) is 0 Å². The summed E-state index contributed by atoms with van der Waals surface area (Å²) >= 11 is 0. The number of nitriles is 1. The van der Waals surface area contributed by atoms with Gasteiger partial charge in [0.05, 0.1) is 6.07 Å². The molecule has 0 radical (unpaired) electrons. The zero-order chi connectivity index (χ0) is 31.3. The summed E-state index contributed by atoms with van der Waals surface area (Å²) in [7, 11) is 0. The normalized spacial score (nSPS) is 43.2. The lowest BCUT2D eigenvalue weighted by Crippen LogP contribution is -2.47. The molecule has 0 N–H and O–H groups in total. The van der Waals surface area contributed by atoms with Crippen molar-refractivity contribution in [3.05, 3.63) is 12.2 Å². The van der Waals surface area contributed by atoms with Crippen LogP contribution in [0.3, 0.4) is 0 Å². The fraction of sp³-hybridized carbons (Fsp3) is 0.930. The highest BCUT2D eigenvalue weighted by Gasteiger charge is 2.50. The van der Waals surface area contributed by atoms with E-state index < -0.39 is 0 Å². The van der Waals surface area contributed by atoms with Crippen LogP contribution in [-0.2, 0) is 0 Å². The Hall–Kier alpha value is -0.770. The van der Waals surface area contributed by atoms with E-state index in [4.69, 9.17) is 0 Å². The van der Waals surface area contributed by atoms with Crippen LogP contribution in [0.25, 0.3) is 0 Å². The smallest absolute Gasteiger partial charge is 0.0655 e. The van der Waals surface area contributed by atoms with E-state index in [1.165, 1.54) is 122 Å². The molecule has 5 aliphatic carbocycles. The highest BCUT2D eigenvalue weighted by Crippen LogP contribution is 2.59. The van der Waals surface area contributed by atoms with Crippen molar-refractivity contribution in [2.75, 3.05) is 0 Å². The summed E-state index contributed by atoms with van der Waals surface area (Å²) in [6, 6.07) is 2.74. The molecule has 0 saturated heterocycles. The van der Waals surface area contributed by atoms with Crippen LogP contribution >= 0.6 is 0 Å². The second-order valence-corrected chi connectivity index (χ2v) is 18.2. The molecule has 0 aromatic rings. The molecule has 1 heteroatoms. The van der Waals surface area contributed by atoms with E-state index >= 15 is 0 Å². The quantitative estimate of drug-likeness (QED) is 0.240. The standard InChI is InChI=1S/C43H73N/c1-7-37(38-19-10-9-15-32(38)4)31(3)16-13-18-34-21-22-41(43(6)23-11-8-12-24-43)40(28-34)42-33(5)17-14-20-39(42)36-26-30(2)25-35(27-36)29-44/h13,16,30-42H,7-12,14-15,17-28H2,1-6H3/b16-13-. The summed E-state index contributed by atoms with van der Waals surface area (Å²) in [5.74, 6) is 10.6. The lowest BCUT2D eigenvalue weighted by molar-refractivity contribution is -0.0605. The molecule has 0 heterocycles. The van der Waals surface area contributed by atoms with Crippen molar-refractivity contribution in [3.8, 4) is 6.07 Å². The van der Waals surface area contributed by atoms with Gasteiger partial charge < -0.3 is 0 Å². The Morgan fingerprint density at radius 1 is 0.795 bits per heavy atom. The fourth-order valence-corrected chi connectivity index (χ4v) is 13.1. The molecule has 5 aliphatic rings. The Kier molecular flexibility index (Phi) is 12.5. The third kappa shape index (κ3) is 8.02. The third-order valence-corrected chi connectivity index (χ3v) is 15.3. The lowest BCUT2D eigenvalue weighted by atomic mass is 9.49. The van der Waals surface area contributed by atoms with Crippen molar-refractivity contribution in [2.24, 2.45) is 82.3 Å². The highest BCUT2D eigenvalue weighted by molar-refractivity contribution is 5.02. The van der Waals surface area contributed by atoms with Crippen LogP contribution in [0.4, 0.5) is 0 Å². The number of hydrogen-bond acceptors (Lipinski definition) is 1. The molecule has 5 saturated carbocycles. The van der Waals surface area contributed by atoms with Gasteiger partial charge in [0.25, 0.3) is 0 Å². The number of hydrogen-bond donors (Lipinski definition) is 0. The van der Waals surface area contributed by atoms with Gasteiger partial charge in [0.15, 0.2) is 0 Å². The first-order valence-corrected chi connectivity index (χ1v) is 20.3. The summed E-state index contributed by atoms with van der Waals surface area (Å²) in [4.78, 5) is 0. The van der Waals surface area contributed by atoms with Gasteiger partial charge in [0.2, 0.25) is 0 Å². The van der Waals surface area contributed by atoms with Gasteiger partial charge in [-0.1, -0.05) is 111 Å². The summed E-state index contributed by atoms with van der Waals surface area (Å²) in [6.45, 7) is 15.4. The second-order valence-electron chi connectivity index (χ2n) is 18.2. The molecular formula is C43H73N. The van der Waals surface area contributed by atoms with Gasteiger partial charge in [-0.15, -0.1) is 0 Å². The molecular weight excluding hydrogens is 530 g/mol. The van der Waals surface area contributed by atoms with Crippen molar-refractivity contribution >= 4 is 0 Å². The SMILES string of the molecule is CCC(C(C)/C=C\CC1CCC(C2(C)CCCCC2)C(C2C(C)CCCC2C2CC(C)CC(C#N)C2)C1)C1CCCCC1C. The van der Waals surface area contributed by atoms with E-state index in [0.717, 1.165) is 77.4 Å². The van der Waals surface area contributed by atoms with Crippen LogP contribution in [-0.4, -0.2) is 0 Å². The number of rotatable bonds is 9. The third-order valence-electron chi connectivity index (χ3n) is 15.3. The largest absolute Gasteiger partial charge is 0.198 e. The van der Waals surface area contributed by atoms with Crippen LogP contribution in [0, 0.1) is 93.7 Å². The Bertz CT molecular complexity index is 935. The molecule has 1 nitrogen and oxygen atoms in total. The van der Waals surface area contributed by atoms with Crippen molar-refractivity contribution in [1.29, 1.82) is 5.26 Å². The predicted octanol–water partition coefficient (Wildman–Crippen LogP) is 13.1. The molecule has 0 spiro atoms. The summed E-state index contributed by atoms with van der Waals surface area (Å²) in [6.07, 6.45) is 33.8. The van der Waals surface area contributed by atoms with Crippen LogP contribution < -0.4 is 0 Å². The van der Waals surface area contributed by atoms with Gasteiger partial charge in [0.1, 0.15) is 0 Å². The minimum absolute atomic E-state index is 0.308. The van der Waals surface area contributed by atoms with Crippen molar-refractivity contribution < 1.29 is 0 Å². The maximum atomic E-state index is 9.97. The Labute approximate surface area is 275 Å². The molecule has 5 rings (SSSR count). The van der Waals surface area contributed by atoms with Crippen LogP contribution in [0.15, 0.2) is 12.2 Å². The number of allylic oxidation sites excluding steroid dienone is 2. The van der Waals surface area contributed by atoms with E-state index in [0.29, 0.717) is 11.3 Å². The minimum atomic E-state index is 0.308. The average Bonchev–Trinajstić information content (AvgIpc) is 3.02. The zero-order valence-electron chi connectivity index (χ0n) is 30.2. The Morgan fingerprint density at radius 2 is 1.55 bits per heavy atom. The molecule has 5 fully saturated rings. The monoisotopic (exact) mass is 604 g/mol. The van der Waals surface area contributed by atoms with E-state index in [-0.39, 0.29) is 0 Å². The zero-order valence-corrected chi connectivity index (χ0v) is 30.2. The topological polar surface area (TPSA) is 23.8 Å². The molecule has 250 valence electrons. The summed E-state index contributed by atoms with van der Waals surface area (Å²) < 4.78 is 0. The molecule has 44 heavy (non-hydrogen) atoms. The molecule has 0 bridgehead atoms. The highest BCUT2D eigenvalue weighted by atomic mass is 14.6. The average molecular weight is 604 g/mol. The lowest BCUT2D eigenvalue weighted by Gasteiger charge is -2.55. The van der Waals surface area contributed by atoms with Gasteiger partial charge in [0, 0.05) is 5.92 Å². The molecule has 0 aromatic heterocycles. The molecule has 13 unspecified atom stereocenters. The Morgan fingerprint density at radius 3 is 2.27 bits per heavy atom. The van der Waals surface area contributed by atoms with E-state index in [9.17, 15) is 5.26 Å². The van der Waals surface area contributed by atoms with Crippen LogP contribution in [0.2, 0.25) is 0 Å². The predicted molar refractivity (Wildman–Crippen MR) is 189 cm³/mol. The molecule has 0 aliphatic heterocycles. The first kappa shape index (κ1) is 34.6. The van der Waals surface area contributed by atoms with Crippen molar-refractivity contribution in [2.45, 2.75) is 170 Å². The Balaban J connectivity index is 1.33. The van der Waals surface area contributed by atoms with Gasteiger partial charge in [-0.2, -0.15) is 5.26 Å². The maximum absolute atomic E-state index is 9.97. The first-order chi connectivity index (χ1) is 21.2. The minimum Gasteiger partial charge on any atom is -0.198 e. The maximum Gasteiger partial charge on any atom is 0.0655 e. The van der Waals surface area contributed by atoms with E-state index in [1.54, 1.807) is 0 Å². The molecule has 0 aromatic carbocycles. The molecule has 13 atom stereocenters. The van der Waals surface area contributed by atoms with Crippen molar-refractivity contribution in [3.63, 3.8) is 0 Å². The summed E-state index contributed by atoms with van der Waals surface area (Å²) in [5.41, 5.74) is 0.569. The van der Waals surface area contributed by atoms with Gasteiger partial charge in [-0.05, 0) is 147 Å². The van der Waals surface area contributed by atoms with E-state index in [2.05, 4.69) is 59.8 Å². The molecule has 0 amide bonds. The van der Waals surface area contributed by atoms with Gasteiger partial charge in [-0.25, -0.2) is 0 Å². The van der Waals surface area contributed by atoms with Crippen molar-refractivity contribution in [1.82, 2.24) is 0 Å². The van der Waals surface area contributed by atoms with Crippen LogP contribution in [0.5, 0.6) is 0 Å². The first-order valence-electron chi connectivity index (χ1n) is 20.3. The second kappa shape index (κ2) is 15.9. The van der Waals surface area contributed by atoms with Gasteiger partial charge >= 0.3 is 0 Å². The van der Waals surface area contributed by atoms with Gasteiger partial charge in [-0.3, -0.25) is 0 Å².